The first-order valence-corrected chi connectivity index (χ1v) is 6.38. The van der Waals surface area contributed by atoms with Gasteiger partial charge in [0.15, 0.2) is 0 Å². The molecule has 3 rings (SSSR count). The van der Waals surface area contributed by atoms with Crippen LogP contribution in [0.2, 0.25) is 0 Å². The quantitative estimate of drug-likeness (QED) is 0.741. The number of aromatic nitrogens is 4. The van der Waals surface area contributed by atoms with E-state index in [9.17, 15) is 0 Å². The van der Waals surface area contributed by atoms with Crippen molar-refractivity contribution in [1.29, 1.82) is 0 Å². The van der Waals surface area contributed by atoms with Gasteiger partial charge in [0.1, 0.15) is 11.5 Å². The highest BCUT2D eigenvalue weighted by atomic mass is 16.5. The lowest BCUT2D eigenvalue weighted by molar-refractivity contribution is 0.411. The number of rotatable bonds is 3. The Morgan fingerprint density at radius 1 is 1.14 bits per heavy atom. The molecule has 0 aliphatic heterocycles. The van der Waals surface area contributed by atoms with Gasteiger partial charge in [0.25, 0.3) is 5.89 Å². The van der Waals surface area contributed by atoms with E-state index in [1.54, 1.807) is 18.3 Å². The Kier molecular flexibility index (Phi) is 3.42. The van der Waals surface area contributed by atoms with Crippen molar-refractivity contribution in [2.24, 2.45) is 0 Å². The highest BCUT2D eigenvalue weighted by Crippen LogP contribution is 2.15. The fourth-order valence-corrected chi connectivity index (χ4v) is 1.82. The number of nitrogens with zero attached hydrogens (tertiary/aromatic N) is 4. The maximum Gasteiger partial charge on any atom is 0.251 e. The molecule has 21 heavy (non-hydrogen) atoms. The highest BCUT2D eigenvalue weighted by Gasteiger charge is 2.08. The molecule has 0 saturated carbocycles. The summed E-state index contributed by atoms with van der Waals surface area (Å²) in [6, 6.07) is 9.26. The van der Waals surface area contributed by atoms with Crippen LogP contribution in [-0.2, 0) is 0 Å². The molecule has 0 atom stereocenters. The van der Waals surface area contributed by atoms with Gasteiger partial charge in [-0.25, -0.2) is 9.97 Å². The lowest BCUT2D eigenvalue weighted by atomic mass is 10.2. The van der Waals surface area contributed by atoms with Gasteiger partial charge in [0.2, 0.25) is 5.82 Å². The van der Waals surface area contributed by atoms with Crippen LogP contribution in [0, 0.1) is 6.92 Å². The predicted molar refractivity (Wildman–Crippen MR) is 79.8 cm³/mol. The van der Waals surface area contributed by atoms with Crippen LogP contribution >= 0.6 is 0 Å². The molecule has 0 spiro atoms. The topological polar surface area (TPSA) is 90.7 Å². The van der Waals surface area contributed by atoms with E-state index in [0.29, 0.717) is 28.9 Å². The number of nitrogens with two attached hydrogens (primary N) is 1. The molecule has 0 amide bonds. The van der Waals surface area contributed by atoms with E-state index in [1.807, 2.05) is 37.3 Å². The molecular formula is C15H13N5O. The Morgan fingerprint density at radius 3 is 2.86 bits per heavy atom. The zero-order chi connectivity index (χ0) is 14.7. The standard InChI is InChI=1S/C15H13N5O/c1-10-17-8-7-13(18-10)15-19-14(21-20-15)6-5-11-3-2-4-12(16)9-11/h2-9H,16H2,1H3/b6-5+. The second-order valence-corrected chi connectivity index (χ2v) is 4.45. The largest absolute Gasteiger partial charge is 0.399 e. The number of hydrogen-bond acceptors (Lipinski definition) is 6. The first-order chi connectivity index (χ1) is 10.2. The summed E-state index contributed by atoms with van der Waals surface area (Å²) in [5.41, 5.74) is 8.03. The molecule has 0 radical (unpaired) electrons. The Bertz CT molecular complexity index is 794. The summed E-state index contributed by atoms with van der Waals surface area (Å²) in [6.07, 6.45) is 5.26. The zero-order valence-electron chi connectivity index (χ0n) is 11.4. The van der Waals surface area contributed by atoms with E-state index < -0.39 is 0 Å². The van der Waals surface area contributed by atoms with Crippen molar-refractivity contribution in [2.75, 3.05) is 5.73 Å². The van der Waals surface area contributed by atoms with E-state index in [2.05, 4.69) is 20.1 Å². The van der Waals surface area contributed by atoms with Crippen LogP contribution < -0.4 is 5.73 Å². The van der Waals surface area contributed by atoms with Gasteiger partial charge < -0.3 is 10.3 Å². The van der Waals surface area contributed by atoms with E-state index in [0.717, 1.165) is 5.56 Å². The number of aryl methyl sites for hydroxylation is 1. The van der Waals surface area contributed by atoms with Crippen molar-refractivity contribution in [3.05, 3.63) is 53.8 Å². The monoisotopic (exact) mass is 279 g/mol. The van der Waals surface area contributed by atoms with Crippen LogP contribution in [0.1, 0.15) is 17.3 Å². The molecule has 6 nitrogen and oxygen atoms in total. The minimum absolute atomic E-state index is 0.406. The summed E-state index contributed by atoms with van der Waals surface area (Å²) in [7, 11) is 0. The molecule has 3 aromatic rings. The summed E-state index contributed by atoms with van der Waals surface area (Å²) >= 11 is 0. The minimum Gasteiger partial charge on any atom is -0.399 e. The molecule has 0 saturated heterocycles. The van der Waals surface area contributed by atoms with Crippen molar-refractivity contribution in [1.82, 2.24) is 20.1 Å². The molecule has 0 unspecified atom stereocenters. The fourth-order valence-electron chi connectivity index (χ4n) is 1.82. The first kappa shape index (κ1) is 13.0. The second kappa shape index (κ2) is 5.54. The van der Waals surface area contributed by atoms with Gasteiger partial charge in [-0.15, -0.1) is 0 Å². The maximum absolute atomic E-state index is 5.72. The number of anilines is 1. The van der Waals surface area contributed by atoms with Gasteiger partial charge in [-0.3, -0.25) is 0 Å². The third-order valence-electron chi connectivity index (χ3n) is 2.78. The third kappa shape index (κ3) is 3.11. The average molecular weight is 279 g/mol. The van der Waals surface area contributed by atoms with E-state index in [-0.39, 0.29) is 0 Å². The maximum atomic E-state index is 5.72. The number of benzene rings is 1. The van der Waals surface area contributed by atoms with Crippen molar-refractivity contribution < 1.29 is 4.52 Å². The van der Waals surface area contributed by atoms with Gasteiger partial charge in [-0.05, 0) is 36.8 Å². The average Bonchev–Trinajstić information content (AvgIpc) is 2.94. The van der Waals surface area contributed by atoms with Gasteiger partial charge >= 0.3 is 0 Å². The zero-order valence-corrected chi connectivity index (χ0v) is 11.4. The molecule has 6 heteroatoms. The van der Waals surface area contributed by atoms with Crippen LogP contribution in [0.3, 0.4) is 0 Å². The SMILES string of the molecule is Cc1nccc(-c2noc(/C=C/c3cccc(N)c3)n2)n1. The molecule has 0 bridgehead atoms. The van der Waals surface area contributed by atoms with E-state index in [1.165, 1.54) is 0 Å². The molecule has 2 N–H and O–H groups in total. The summed E-state index contributed by atoms with van der Waals surface area (Å²) in [5.74, 6) is 1.51. The summed E-state index contributed by atoms with van der Waals surface area (Å²) in [5, 5.41) is 3.91. The smallest absolute Gasteiger partial charge is 0.251 e. The van der Waals surface area contributed by atoms with Gasteiger partial charge in [0.05, 0.1) is 0 Å². The Hall–Kier alpha value is -3.02. The fraction of sp³-hybridized carbons (Fsp3) is 0.0667. The second-order valence-electron chi connectivity index (χ2n) is 4.45. The van der Waals surface area contributed by atoms with Crippen molar-refractivity contribution >= 4 is 17.8 Å². The van der Waals surface area contributed by atoms with Gasteiger partial charge in [-0.2, -0.15) is 4.98 Å². The lowest BCUT2D eigenvalue weighted by Crippen LogP contribution is -1.90. The third-order valence-corrected chi connectivity index (χ3v) is 2.78. The summed E-state index contributed by atoms with van der Waals surface area (Å²) in [6.45, 7) is 1.81. The molecule has 104 valence electrons. The molecule has 0 fully saturated rings. The van der Waals surface area contributed by atoms with Crippen LogP contribution in [0.5, 0.6) is 0 Å². The van der Waals surface area contributed by atoms with E-state index in [4.69, 9.17) is 10.3 Å². The molecular weight excluding hydrogens is 266 g/mol. The Balaban J connectivity index is 1.82. The predicted octanol–water partition coefficient (Wildman–Crippen LogP) is 2.59. The minimum atomic E-state index is 0.406. The van der Waals surface area contributed by atoms with Crippen LogP contribution in [-0.4, -0.2) is 20.1 Å². The van der Waals surface area contributed by atoms with Crippen LogP contribution in [0.15, 0.2) is 41.1 Å². The molecule has 0 aliphatic rings. The molecule has 1 aromatic carbocycles. The van der Waals surface area contributed by atoms with Crippen molar-refractivity contribution in [2.45, 2.75) is 6.92 Å². The Morgan fingerprint density at radius 2 is 2.05 bits per heavy atom. The van der Waals surface area contributed by atoms with Gasteiger partial charge in [-0.1, -0.05) is 17.3 Å². The van der Waals surface area contributed by atoms with Crippen LogP contribution in [0.25, 0.3) is 23.7 Å². The Labute approximate surface area is 121 Å². The molecule has 2 aromatic heterocycles. The van der Waals surface area contributed by atoms with Gasteiger partial charge in [0, 0.05) is 18.0 Å². The summed E-state index contributed by atoms with van der Waals surface area (Å²) < 4.78 is 5.17. The molecule has 0 aliphatic carbocycles. The number of hydrogen-bond donors (Lipinski definition) is 1. The highest BCUT2D eigenvalue weighted by molar-refractivity contribution is 5.68. The molecule has 2 heterocycles. The van der Waals surface area contributed by atoms with Crippen LogP contribution in [0.4, 0.5) is 5.69 Å². The normalized spacial score (nSPS) is 11.1. The lowest BCUT2D eigenvalue weighted by Gasteiger charge is -1.94. The van der Waals surface area contributed by atoms with Crippen molar-refractivity contribution in [3.63, 3.8) is 0 Å². The summed E-state index contributed by atoms with van der Waals surface area (Å²) in [4.78, 5) is 12.6. The number of nitrogen functional groups attached to an aromatic ring is 1. The van der Waals surface area contributed by atoms with Crippen molar-refractivity contribution in [3.8, 4) is 11.5 Å². The first-order valence-electron chi connectivity index (χ1n) is 6.38. The van der Waals surface area contributed by atoms with E-state index >= 15 is 0 Å².